The van der Waals surface area contributed by atoms with Crippen molar-refractivity contribution in [2.45, 2.75) is 38.2 Å². The molecule has 1 fully saturated rings. The van der Waals surface area contributed by atoms with Crippen LogP contribution < -0.4 is 5.32 Å². The Morgan fingerprint density at radius 2 is 2.48 bits per heavy atom. The molecule has 1 unspecified atom stereocenters. The van der Waals surface area contributed by atoms with Crippen LogP contribution in [0, 0.1) is 0 Å². The molecule has 2 aliphatic rings. The van der Waals surface area contributed by atoms with Crippen LogP contribution in [0.15, 0.2) is 11.3 Å². The molecule has 1 aromatic heterocycles. The minimum Gasteiger partial charge on any atom is -0.463 e. The van der Waals surface area contributed by atoms with E-state index in [-0.39, 0.29) is 31.5 Å². The average molecular weight is 294 g/mol. The molecule has 8 nitrogen and oxygen atoms in total. The molecule has 0 radical (unpaired) electrons. The molecule has 0 spiro atoms. The summed E-state index contributed by atoms with van der Waals surface area (Å²) in [6, 6.07) is 0. The number of hydrogen-bond acceptors (Lipinski definition) is 7. The molecule has 3 atom stereocenters. The number of carbonyl (C=O) groups excluding carboxylic acids is 1. The molecule has 1 aromatic rings. The summed E-state index contributed by atoms with van der Waals surface area (Å²) in [5.74, 6) is 0.390. The second-order valence-electron chi connectivity index (χ2n) is 5.13. The van der Waals surface area contributed by atoms with E-state index in [9.17, 15) is 9.90 Å². The molecular weight excluding hydrogens is 276 g/mol. The van der Waals surface area contributed by atoms with Crippen LogP contribution in [0.5, 0.6) is 0 Å². The maximum absolute atomic E-state index is 10.8. The van der Waals surface area contributed by atoms with Gasteiger partial charge in [-0.15, -0.1) is 0 Å². The molecular formula is C13H18N4O4. The number of imidazole rings is 1. The smallest absolute Gasteiger partial charge is 0.302 e. The fourth-order valence-corrected chi connectivity index (χ4v) is 2.56. The van der Waals surface area contributed by atoms with Crippen molar-refractivity contribution >= 4 is 18.1 Å². The van der Waals surface area contributed by atoms with E-state index in [0.717, 1.165) is 12.8 Å². The van der Waals surface area contributed by atoms with E-state index < -0.39 is 6.10 Å². The quantitative estimate of drug-likeness (QED) is 0.793. The first kappa shape index (κ1) is 14.0. The Kier molecular flexibility index (Phi) is 3.89. The van der Waals surface area contributed by atoms with E-state index in [1.54, 1.807) is 12.7 Å². The van der Waals surface area contributed by atoms with E-state index in [4.69, 9.17) is 9.47 Å². The van der Waals surface area contributed by atoms with Crippen molar-refractivity contribution in [3.63, 3.8) is 0 Å². The van der Waals surface area contributed by atoms with Crippen LogP contribution in [0.2, 0.25) is 0 Å². The second-order valence-corrected chi connectivity index (χ2v) is 5.13. The first-order valence-electron chi connectivity index (χ1n) is 6.93. The van der Waals surface area contributed by atoms with Gasteiger partial charge in [-0.2, -0.15) is 0 Å². The van der Waals surface area contributed by atoms with Crippen LogP contribution >= 0.6 is 0 Å². The van der Waals surface area contributed by atoms with Crippen LogP contribution in [-0.2, 0) is 14.3 Å². The Morgan fingerprint density at radius 1 is 1.62 bits per heavy atom. The summed E-state index contributed by atoms with van der Waals surface area (Å²) >= 11 is 0. The van der Waals surface area contributed by atoms with Crippen LogP contribution in [0.4, 0.5) is 5.82 Å². The third-order valence-electron chi connectivity index (χ3n) is 3.58. The normalized spacial score (nSPS) is 27.8. The summed E-state index contributed by atoms with van der Waals surface area (Å²) in [6.07, 6.45) is 3.79. The summed E-state index contributed by atoms with van der Waals surface area (Å²) in [7, 11) is 0. The number of fused-ring (bicyclic) bond motifs is 1. The van der Waals surface area contributed by atoms with Gasteiger partial charge in [-0.1, -0.05) is 0 Å². The van der Waals surface area contributed by atoms with Gasteiger partial charge in [0.15, 0.2) is 0 Å². The number of nitrogens with one attached hydrogen (secondary N) is 1. The van der Waals surface area contributed by atoms with Crippen LogP contribution in [0.3, 0.4) is 0 Å². The van der Waals surface area contributed by atoms with Crippen LogP contribution in [-0.4, -0.2) is 46.2 Å². The fourth-order valence-electron chi connectivity index (χ4n) is 2.56. The number of aromatic nitrogens is 2. The molecule has 0 bridgehead atoms. The Bertz CT molecular complexity index is 556. The highest BCUT2D eigenvalue weighted by molar-refractivity contribution is 5.76. The number of esters is 1. The summed E-state index contributed by atoms with van der Waals surface area (Å²) in [6.45, 7) is 1.94. The van der Waals surface area contributed by atoms with E-state index >= 15 is 0 Å². The number of rotatable bonds is 3. The second kappa shape index (κ2) is 5.82. The van der Waals surface area contributed by atoms with Gasteiger partial charge in [0.2, 0.25) is 0 Å². The maximum atomic E-state index is 10.8. The number of hydrogen-bond donors (Lipinski definition) is 2. The van der Waals surface area contributed by atoms with E-state index in [1.807, 2.05) is 4.57 Å². The van der Waals surface area contributed by atoms with E-state index in [2.05, 4.69) is 15.3 Å². The monoisotopic (exact) mass is 294 g/mol. The highest BCUT2D eigenvalue weighted by atomic mass is 16.6. The van der Waals surface area contributed by atoms with Crippen LogP contribution in [0.1, 0.15) is 37.8 Å². The molecule has 3 heterocycles. The lowest BCUT2D eigenvalue weighted by molar-refractivity contribution is -0.145. The number of aliphatic hydroxyl groups excluding tert-OH is 1. The first-order chi connectivity index (χ1) is 10.1. The average Bonchev–Trinajstić information content (AvgIpc) is 3.03. The van der Waals surface area contributed by atoms with E-state index in [0.29, 0.717) is 11.5 Å². The van der Waals surface area contributed by atoms with Crippen molar-refractivity contribution < 1.29 is 19.4 Å². The first-order valence-corrected chi connectivity index (χ1v) is 6.93. The maximum Gasteiger partial charge on any atom is 0.302 e. The SMILES string of the molecule is CC(=O)OC[C@@H]1CC[C@H](n2cnc3c2NC=NCC3O)O1. The van der Waals surface area contributed by atoms with Gasteiger partial charge in [0.05, 0.1) is 25.3 Å². The van der Waals surface area contributed by atoms with Crippen LogP contribution in [0.25, 0.3) is 0 Å². The number of ether oxygens (including phenoxy) is 2. The summed E-state index contributed by atoms with van der Waals surface area (Å²) < 4.78 is 12.7. The topological polar surface area (TPSA) is 98.0 Å². The molecule has 0 saturated carbocycles. The Hall–Kier alpha value is -1.93. The Balaban J connectivity index is 1.71. The number of aliphatic imine (C=N–C) groups is 1. The van der Waals surface area contributed by atoms with E-state index in [1.165, 1.54) is 6.92 Å². The summed E-state index contributed by atoms with van der Waals surface area (Å²) in [5.41, 5.74) is 0.569. The molecule has 114 valence electrons. The zero-order valence-electron chi connectivity index (χ0n) is 11.7. The zero-order chi connectivity index (χ0) is 14.8. The summed E-state index contributed by atoms with van der Waals surface area (Å²) in [4.78, 5) is 19.1. The molecule has 21 heavy (non-hydrogen) atoms. The lowest BCUT2D eigenvalue weighted by atomic mass is 10.2. The molecule has 2 aliphatic heterocycles. The predicted octanol–water partition coefficient (Wildman–Crippen LogP) is 0.611. The van der Waals surface area contributed by atoms with Gasteiger partial charge in [0.25, 0.3) is 0 Å². The minimum atomic E-state index is -0.717. The highest BCUT2D eigenvalue weighted by Gasteiger charge is 2.31. The van der Waals surface area contributed by atoms with Gasteiger partial charge in [-0.25, -0.2) is 4.98 Å². The molecule has 3 rings (SSSR count). The lowest BCUT2D eigenvalue weighted by Crippen LogP contribution is -2.18. The molecule has 0 amide bonds. The molecule has 1 saturated heterocycles. The lowest BCUT2D eigenvalue weighted by Gasteiger charge is -2.17. The number of anilines is 1. The van der Waals surface area contributed by atoms with Crippen molar-refractivity contribution in [2.75, 3.05) is 18.5 Å². The summed E-state index contributed by atoms with van der Waals surface area (Å²) in [5, 5.41) is 13.0. The van der Waals surface area contributed by atoms with Gasteiger partial charge >= 0.3 is 5.97 Å². The zero-order valence-corrected chi connectivity index (χ0v) is 11.7. The van der Waals surface area contributed by atoms with Gasteiger partial charge in [0, 0.05) is 6.92 Å². The van der Waals surface area contributed by atoms with Gasteiger partial charge < -0.3 is 19.9 Å². The van der Waals surface area contributed by atoms with Gasteiger partial charge in [0.1, 0.15) is 30.5 Å². The Morgan fingerprint density at radius 3 is 3.29 bits per heavy atom. The largest absolute Gasteiger partial charge is 0.463 e. The van der Waals surface area contributed by atoms with Crippen molar-refractivity contribution in [1.29, 1.82) is 0 Å². The predicted molar refractivity (Wildman–Crippen MR) is 73.9 cm³/mol. The van der Waals surface area contributed by atoms with Gasteiger partial charge in [-0.05, 0) is 12.8 Å². The van der Waals surface area contributed by atoms with Crippen molar-refractivity contribution in [1.82, 2.24) is 9.55 Å². The molecule has 8 heteroatoms. The molecule has 0 aliphatic carbocycles. The number of aliphatic hydroxyl groups is 1. The molecule has 2 N–H and O–H groups in total. The third kappa shape index (κ3) is 2.91. The van der Waals surface area contributed by atoms with Crippen molar-refractivity contribution in [3.05, 3.63) is 12.0 Å². The number of carbonyl (C=O) groups is 1. The third-order valence-corrected chi connectivity index (χ3v) is 3.58. The highest BCUT2D eigenvalue weighted by Crippen LogP contribution is 2.34. The fraction of sp³-hybridized carbons (Fsp3) is 0.615. The standard InChI is InChI=1S/C13H18N4O4/c1-8(18)20-5-9-2-3-11(21-9)17-7-16-12-10(19)4-14-6-15-13(12)17/h6-7,9-11,19H,2-5H2,1H3,(H,14,15)/t9-,10?,11+/m0/s1. The molecule has 0 aromatic carbocycles. The Labute approximate surface area is 121 Å². The minimum absolute atomic E-state index is 0.110. The van der Waals surface area contributed by atoms with Crippen molar-refractivity contribution in [3.8, 4) is 0 Å². The number of nitrogens with zero attached hydrogens (tertiary/aromatic N) is 3. The van der Waals surface area contributed by atoms with Gasteiger partial charge in [-0.3, -0.25) is 14.4 Å². The van der Waals surface area contributed by atoms with Crippen molar-refractivity contribution in [2.24, 2.45) is 4.99 Å².